The van der Waals surface area contributed by atoms with Crippen LogP contribution >= 0.6 is 15.9 Å². The van der Waals surface area contributed by atoms with Gasteiger partial charge in [0.05, 0.1) is 18.8 Å². The van der Waals surface area contributed by atoms with Crippen molar-refractivity contribution in [3.05, 3.63) is 33.8 Å². The maximum Gasteiger partial charge on any atom is 0.336 e. The van der Waals surface area contributed by atoms with E-state index in [4.69, 9.17) is 14.6 Å². The summed E-state index contributed by atoms with van der Waals surface area (Å²) in [6.45, 7) is 1.15. The molecule has 1 N–H and O–H groups in total. The van der Waals surface area contributed by atoms with E-state index in [1.807, 2.05) is 6.07 Å². The Morgan fingerprint density at radius 1 is 1.44 bits per heavy atom. The number of ether oxygens (including phenoxy) is 2. The molecule has 0 aliphatic carbocycles. The van der Waals surface area contributed by atoms with Gasteiger partial charge in [-0.15, -0.1) is 0 Å². The van der Waals surface area contributed by atoms with E-state index in [-0.39, 0.29) is 11.9 Å². The monoisotopic (exact) mass is 286 g/mol. The second-order valence-electron chi connectivity index (χ2n) is 3.48. The average molecular weight is 287 g/mol. The zero-order valence-electron chi connectivity index (χ0n) is 8.48. The zero-order valence-corrected chi connectivity index (χ0v) is 10.1. The van der Waals surface area contributed by atoms with Crippen molar-refractivity contribution >= 4 is 21.9 Å². The fourth-order valence-electron chi connectivity index (χ4n) is 1.63. The SMILES string of the molecule is O=C(O)c1cc(Br)ccc1CC1OCCO1. The summed E-state index contributed by atoms with van der Waals surface area (Å²) >= 11 is 3.25. The van der Waals surface area contributed by atoms with Crippen molar-refractivity contribution in [2.75, 3.05) is 13.2 Å². The molecule has 1 aliphatic heterocycles. The van der Waals surface area contributed by atoms with Gasteiger partial charge < -0.3 is 14.6 Å². The quantitative estimate of drug-likeness (QED) is 0.924. The number of carbonyl (C=O) groups is 1. The smallest absolute Gasteiger partial charge is 0.336 e. The van der Waals surface area contributed by atoms with Gasteiger partial charge in [0.2, 0.25) is 0 Å². The average Bonchev–Trinajstić information content (AvgIpc) is 2.73. The van der Waals surface area contributed by atoms with Crippen LogP contribution in [0.25, 0.3) is 0 Å². The van der Waals surface area contributed by atoms with Gasteiger partial charge in [-0.05, 0) is 17.7 Å². The molecule has 0 bridgehead atoms. The van der Waals surface area contributed by atoms with Gasteiger partial charge in [-0.3, -0.25) is 0 Å². The van der Waals surface area contributed by atoms with Crippen molar-refractivity contribution in [3.8, 4) is 0 Å². The number of aromatic carboxylic acids is 1. The van der Waals surface area contributed by atoms with Crippen LogP contribution in [0.2, 0.25) is 0 Å². The highest BCUT2D eigenvalue weighted by Crippen LogP contribution is 2.20. The third-order valence-electron chi connectivity index (χ3n) is 2.38. The molecular formula is C11H11BrO4. The molecule has 0 unspecified atom stereocenters. The van der Waals surface area contributed by atoms with Crippen molar-refractivity contribution in [2.24, 2.45) is 0 Å². The summed E-state index contributed by atoms with van der Waals surface area (Å²) in [4.78, 5) is 11.0. The van der Waals surface area contributed by atoms with Crippen molar-refractivity contribution in [3.63, 3.8) is 0 Å². The van der Waals surface area contributed by atoms with E-state index in [9.17, 15) is 4.79 Å². The van der Waals surface area contributed by atoms with Gasteiger partial charge in [0.25, 0.3) is 0 Å². The molecule has 86 valence electrons. The first kappa shape index (κ1) is 11.6. The molecule has 1 aromatic rings. The molecule has 5 heteroatoms. The van der Waals surface area contributed by atoms with Gasteiger partial charge in [0.1, 0.15) is 0 Å². The van der Waals surface area contributed by atoms with E-state index in [1.165, 1.54) is 0 Å². The highest BCUT2D eigenvalue weighted by molar-refractivity contribution is 9.10. The van der Waals surface area contributed by atoms with Crippen molar-refractivity contribution in [1.82, 2.24) is 0 Å². The van der Waals surface area contributed by atoms with Crippen molar-refractivity contribution in [2.45, 2.75) is 12.7 Å². The first-order valence-corrected chi connectivity index (χ1v) is 5.71. The van der Waals surface area contributed by atoms with Crippen LogP contribution in [-0.4, -0.2) is 30.6 Å². The maximum atomic E-state index is 11.0. The maximum absolute atomic E-state index is 11.0. The third-order valence-corrected chi connectivity index (χ3v) is 2.87. The minimum atomic E-state index is -0.936. The Balaban J connectivity index is 2.21. The number of benzene rings is 1. The van der Waals surface area contributed by atoms with E-state index in [1.54, 1.807) is 12.1 Å². The molecule has 4 nitrogen and oxygen atoms in total. The number of hydrogen-bond donors (Lipinski definition) is 1. The first-order valence-electron chi connectivity index (χ1n) is 4.92. The van der Waals surface area contributed by atoms with Gasteiger partial charge in [-0.1, -0.05) is 22.0 Å². The van der Waals surface area contributed by atoms with Crippen LogP contribution in [0.5, 0.6) is 0 Å². The van der Waals surface area contributed by atoms with Crippen molar-refractivity contribution < 1.29 is 19.4 Å². The van der Waals surface area contributed by atoms with E-state index >= 15 is 0 Å². The number of carboxylic acid groups (broad SMARTS) is 1. The summed E-state index contributed by atoms with van der Waals surface area (Å²) in [5.41, 5.74) is 1.01. The van der Waals surface area contributed by atoms with Crippen LogP contribution in [0.1, 0.15) is 15.9 Å². The predicted molar refractivity (Wildman–Crippen MR) is 60.5 cm³/mol. The highest BCUT2D eigenvalue weighted by atomic mass is 79.9. The molecule has 2 rings (SSSR count). The first-order chi connectivity index (χ1) is 7.66. The largest absolute Gasteiger partial charge is 0.478 e. The second-order valence-corrected chi connectivity index (χ2v) is 4.40. The third kappa shape index (κ3) is 2.61. The normalized spacial score (nSPS) is 16.6. The van der Waals surface area contributed by atoms with Crippen LogP contribution in [-0.2, 0) is 15.9 Å². The Hall–Kier alpha value is -0.910. The molecule has 1 aromatic carbocycles. The van der Waals surface area contributed by atoms with Crippen LogP contribution in [0.15, 0.2) is 22.7 Å². The molecule has 0 amide bonds. The zero-order chi connectivity index (χ0) is 11.5. The van der Waals surface area contributed by atoms with Crippen molar-refractivity contribution in [1.29, 1.82) is 0 Å². The standard InChI is InChI=1S/C11H11BrO4/c12-8-2-1-7(9(6-8)11(13)14)5-10-15-3-4-16-10/h1-2,6,10H,3-5H2,(H,13,14). The fourth-order valence-corrected chi connectivity index (χ4v) is 1.99. The molecule has 16 heavy (non-hydrogen) atoms. The van der Waals surface area contributed by atoms with Gasteiger partial charge in [0.15, 0.2) is 6.29 Å². The summed E-state index contributed by atoms with van der Waals surface area (Å²) in [5, 5.41) is 9.06. The van der Waals surface area contributed by atoms with Gasteiger partial charge in [-0.2, -0.15) is 0 Å². The van der Waals surface area contributed by atoms with Crippen LogP contribution in [0.3, 0.4) is 0 Å². The van der Waals surface area contributed by atoms with Crippen LogP contribution in [0, 0.1) is 0 Å². The lowest BCUT2D eigenvalue weighted by molar-refractivity contribution is -0.0400. The molecule has 1 aliphatic rings. The summed E-state index contributed by atoms with van der Waals surface area (Å²) in [7, 11) is 0. The molecule has 1 heterocycles. The summed E-state index contributed by atoms with van der Waals surface area (Å²) in [6, 6.07) is 5.18. The minimum Gasteiger partial charge on any atom is -0.478 e. The Labute approximate surface area is 101 Å². The molecule has 0 aromatic heterocycles. The predicted octanol–water partition coefficient (Wildman–Crippen LogP) is 2.06. The summed E-state index contributed by atoms with van der Waals surface area (Å²) in [5.74, 6) is -0.936. The Kier molecular flexibility index (Phi) is 3.58. The van der Waals surface area contributed by atoms with E-state index < -0.39 is 5.97 Å². The lowest BCUT2D eigenvalue weighted by Gasteiger charge is -2.11. The topological polar surface area (TPSA) is 55.8 Å². The Morgan fingerprint density at radius 3 is 2.75 bits per heavy atom. The molecule has 1 saturated heterocycles. The Morgan fingerprint density at radius 2 is 2.12 bits per heavy atom. The molecule has 0 radical (unpaired) electrons. The highest BCUT2D eigenvalue weighted by Gasteiger charge is 2.20. The number of rotatable bonds is 3. The molecule has 0 atom stereocenters. The number of halogens is 1. The number of hydrogen-bond acceptors (Lipinski definition) is 3. The molecule has 0 saturated carbocycles. The Bertz CT molecular complexity index is 399. The second kappa shape index (κ2) is 4.95. The fraction of sp³-hybridized carbons (Fsp3) is 0.364. The lowest BCUT2D eigenvalue weighted by atomic mass is 10.0. The molecule has 0 spiro atoms. The summed E-state index contributed by atoms with van der Waals surface area (Å²) < 4.78 is 11.3. The minimum absolute atomic E-state index is 0.286. The van der Waals surface area contributed by atoms with E-state index in [0.29, 0.717) is 19.6 Å². The van der Waals surface area contributed by atoms with E-state index in [0.717, 1.165) is 10.0 Å². The molecule has 1 fully saturated rings. The van der Waals surface area contributed by atoms with Gasteiger partial charge in [0, 0.05) is 10.9 Å². The molecular weight excluding hydrogens is 276 g/mol. The van der Waals surface area contributed by atoms with Gasteiger partial charge in [-0.25, -0.2) is 4.79 Å². The van der Waals surface area contributed by atoms with E-state index in [2.05, 4.69) is 15.9 Å². The number of carboxylic acids is 1. The lowest BCUT2D eigenvalue weighted by Crippen LogP contribution is -2.14. The summed E-state index contributed by atoms with van der Waals surface area (Å²) in [6.07, 6.45) is 0.147. The van der Waals surface area contributed by atoms with Crippen LogP contribution < -0.4 is 0 Å². The van der Waals surface area contributed by atoms with Gasteiger partial charge >= 0.3 is 5.97 Å². The van der Waals surface area contributed by atoms with Crippen LogP contribution in [0.4, 0.5) is 0 Å².